The number of hydrogen-bond acceptors (Lipinski definition) is 6. The zero-order valence-corrected chi connectivity index (χ0v) is 18.4. The third kappa shape index (κ3) is 5.55. The summed E-state index contributed by atoms with van der Waals surface area (Å²) in [7, 11) is -2.51. The highest BCUT2D eigenvalue weighted by Crippen LogP contribution is 2.22. The fourth-order valence-corrected chi connectivity index (χ4v) is 4.93. The predicted molar refractivity (Wildman–Crippen MR) is 108 cm³/mol. The van der Waals surface area contributed by atoms with E-state index in [2.05, 4.69) is 5.32 Å². The summed E-state index contributed by atoms with van der Waals surface area (Å²) in [6.45, 7) is 7.89. The van der Waals surface area contributed by atoms with Gasteiger partial charge in [0.2, 0.25) is 10.0 Å². The highest BCUT2D eigenvalue weighted by molar-refractivity contribution is 7.89. The van der Waals surface area contributed by atoms with Crippen LogP contribution < -0.4 is 5.32 Å². The fraction of sp³-hybridized carbons (Fsp3) is 0.600. The predicted octanol–water partition coefficient (Wildman–Crippen LogP) is 1.80. The summed E-state index contributed by atoms with van der Waals surface area (Å²) in [5.41, 5.74) is 0.164. The van der Waals surface area contributed by atoms with E-state index >= 15 is 0 Å². The van der Waals surface area contributed by atoms with E-state index < -0.39 is 27.9 Å². The van der Waals surface area contributed by atoms with Crippen LogP contribution in [0.1, 0.15) is 44.5 Å². The van der Waals surface area contributed by atoms with Gasteiger partial charge in [0, 0.05) is 18.7 Å². The van der Waals surface area contributed by atoms with Gasteiger partial charge in [-0.05, 0) is 38.0 Å². The average molecular weight is 427 g/mol. The van der Waals surface area contributed by atoms with Crippen LogP contribution in [0.25, 0.3) is 0 Å². The summed E-state index contributed by atoms with van der Waals surface area (Å²) >= 11 is 0. The van der Waals surface area contributed by atoms with Crippen LogP contribution >= 0.6 is 0 Å². The molecular formula is C20H30N2O6S. The fourth-order valence-electron chi connectivity index (χ4n) is 3.29. The third-order valence-electron chi connectivity index (χ3n) is 5.07. The number of hydrogen-bond donors (Lipinski definition) is 1. The van der Waals surface area contributed by atoms with E-state index in [9.17, 15) is 18.0 Å². The molecule has 0 aliphatic carbocycles. The van der Waals surface area contributed by atoms with E-state index in [0.717, 1.165) is 0 Å². The molecule has 0 saturated carbocycles. The maximum absolute atomic E-state index is 13.0. The molecule has 1 aromatic carbocycles. The number of esters is 1. The van der Waals surface area contributed by atoms with Gasteiger partial charge in [-0.1, -0.05) is 26.3 Å². The number of nitrogens with one attached hydrogen (secondary N) is 1. The smallest absolute Gasteiger partial charge is 0.328 e. The lowest BCUT2D eigenvalue weighted by atomic mass is 9.99. The second-order valence-electron chi connectivity index (χ2n) is 7.47. The average Bonchev–Trinajstić information content (AvgIpc) is 2.70. The number of carbonyl (C=O) groups is 2. The first kappa shape index (κ1) is 23.3. The van der Waals surface area contributed by atoms with Gasteiger partial charge in [-0.2, -0.15) is 4.31 Å². The first-order chi connectivity index (χ1) is 13.6. The molecule has 29 heavy (non-hydrogen) atoms. The number of methoxy groups -OCH3 is 1. The van der Waals surface area contributed by atoms with Crippen LogP contribution in [0, 0.1) is 5.92 Å². The lowest BCUT2D eigenvalue weighted by Gasteiger charge is -2.34. The third-order valence-corrected chi connectivity index (χ3v) is 6.90. The Labute approximate surface area is 172 Å². The Morgan fingerprint density at radius 2 is 1.90 bits per heavy atom. The number of carbonyl (C=O) groups excluding carboxylic acids is 2. The number of amides is 1. The first-order valence-electron chi connectivity index (χ1n) is 9.74. The van der Waals surface area contributed by atoms with Crippen molar-refractivity contribution < 1.29 is 27.5 Å². The topological polar surface area (TPSA) is 102 Å². The molecule has 162 valence electrons. The second-order valence-corrected chi connectivity index (χ2v) is 9.40. The quantitative estimate of drug-likeness (QED) is 0.667. The Morgan fingerprint density at radius 3 is 2.45 bits per heavy atom. The molecule has 1 aliphatic rings. The van der Waals surface area contributed by atoms with Crippen LogP contribution in [0.15, 0.2) is 29.2 Å². The van der Waals surface area contributed by atoms with Crippen molar-refractivity contribution >= 4 is 21.9 Å². The molecule has 1 amide bonds. The van der Waals surface area contributed by atoms with Crippen LogP contribution in [0.4, 0.5) is 0 Å². The van der Waals surface area contributed by atoms with Crippen LogP contribution in [0.3, 0.4) is 0 Å². The second kappa shape index (κ2) is 9.69. The molecule has 0 radical (unpaired) electrons. The molecule has 0 aromatic heterocycles. The van der Waals surface area contributed by atoms with Crippen molar-refractivity contribution in [1.82, 2.24) is 9.62 Å². The molecule has 1 fully saturated rings. The van der Waals surface area contributed by atoms with Crippen LogP contribution in [-0.2, 0) is 24.3 Å². The van der Waals surface area contributed by atoms with Crippen molar-refractivity contribution in [3.63, 3.8) is 0 Å². The minimum absolute atomic E-state index is 0.0320. The number of benzene rings is 1. The molecule has 0 unspecified atom stereocenters. The zero-order chi connectivity index (χ0) is 21.8. The molecule has 1 aliphatic heterocycles. The summed E-state index contributed by atoms with van der Waals surface area (Å²) < 4.78 is 37.9. The van der Waals surface area contributed by atoms with Gasteiger partial charge in [0.15, 0.2) is 0 Å². The molecule has 1 heterocycles. The van der Waals surface area contributed by atoms with Crippen molar-refractivity contribution in [2.45, 2.75) is 57.3 Å². The van der Waals surface area contributed by atoms with Gasteiger partial charge in [0.05, 0.1) is 24.2 Å². The normalized spacial score (nSPS) is 22.5. The SMILES string of the molecule is CC[C@H](C)[C@H](NC(=O)c1cccc(S(=O)(=O)N2C[C@H](C)O[C@@H](C)C2)c1)C(=O)OC. The highest BCUT2D eigenvalue weighted by Gasteiger charge is 2.33. The molecule has 2 rings (SSSR count). The number of rotatable bonds is 7. The zero-order valence-electron chi connectivity index (χ0n) is 17.5. The highest BCUT2D eigenvalue weighted by atomic mass is 32.2. The van der Waals surface area contributed by atoms with Gasteiger partial charge in [0.1, 0.15) is 6.04 Å². The summed E-state index contributed by atoms with van der Waals surface area (Å²) in [6, 6.07) is 5.03. The number of morpholine rings is 1. The van der Waals surface area contributed by atoms with Gasteiger partial charge in [-0.15, -0.1) is 0 Å². The van der Waals surface area contributed by atoms with Crippen molar-refractivity contribution in [2.24, 2.45) is 5.92 Å². The minimum atomic E-state index is -3.77. The van der Waals surface area contributed by atoms with Gasteiger partial charge >= 0.3 is 5.97 Å². The Kier molecular flexibility index (Phi) is 7.79. The molecule has 1 N–H and O–H groups in total. The van der Waals surface area contributed by atoms with Crippen molar-refractivity contribution in [1.29, 1.82) is 0 Å². The summed E-state index contributed by atoms with van der Waals surface area (Å²) in [5.74, 6) is -1.19. The molecule has 0 spiro atoms. The lowest BCUT2D eigenvalue weighted by Crippen LogP contribution is -2.48. The molecule has 0 bridgehead atoms. The maximum Gasteiger partial charge on any atom is 0.328 e. The van der Waals surface area contributed by atoms with E-state index in [4.69, 9.17) is 9.47 Å². The molecule has 8 nitrogen and oxygen atoms in total. The summed E-state index contributed by atoms with van der Waals surface area (Å²) in [5, 5.41) is 2.67. The minimum Gasteiger partial charge on any atom is -0.467 e. The molecule has 1 saturated heterocycles. The van der Waals surface area contributed by atoms with Crippen molar-refractivity contribution in [3.05, 3.63) is 29.8 Å². The number of nitrogens with zero attached hydrogens (tertiary/aromatic N) is 1. The Morgan fingerprint density at radius 1 is 1.28 bits per heavy atom. The van der Waals surface area contributed by atoms with Crippen molar-refractivity contribution in [3.8, 4) is 0 Å². The summed E-state index contributed by atoms with van der Waals surface area (Å²) in [4.78, 5) is 24.8. The van der Waals surface area contributed by atoms with Gasteiger partial charge in [-0.25, -0.2) is 13.2 Å². The Bertz CT molecular complexity index is 831. The Balaban J connectivity index is 2.25. The standard InChI is InChI=1S/C20H30N2O6S/c1-6-13(2)18(20(24)27-5)21-19(23)16-8-7-9-17(10-16)29(25,26)22-11-14(3)28-15(4)12-22/h7-10,13-15,18H,6,11-12H2,1-5H3,(H,21,23)/t13-,14-,15-,18-/m0/s1. The van der Waals surface area contributed by atoms with E-state index in [-0.39, 0.29) is 41.7 Å². The molecule has 9 heteroatoms. The number of ether oxygens (including phenoxy) is 2. The molecule has 4 atom stereocenters. The van der Waals surface area contributed by atoms with Crippen LogP contribution in [-0.4, -0.2) is 63.0 Å². The van der Waals surface area contributed by atoms with Gasteiger partial charge < -0.3 is 14.8 Å². The van der Waals surface area contributed by atoms with E-state index in [1.807, 2.05) is 27.7 Å². The lowest BCUT2D eigenvalue weighted by molar-refractivity contribution is -0.144. The van der Waals surface area contributed by atoms with Gasteiger partial charge in [0.25, 0.3) is 5.91 Å². The van der Waals surface area contributed by atoms with Crippen molar-refractivity contribution in [2.75, 3.05) is 20.2 Å². The van der Waals surface area contributed by atoms with Crippen LogP contribution in [0.2, 0.25) is 0 Å². The van der Waals surface area contributed by atoms with Gasteiger partial charge in [-0.3, -0.25) is 4.79 Å². The Hall–Kier alpha value is -1.97. The van der Waals surface area contributed by atoms with E-state index in [1.165, 1.54) is 35.7 Å². The largest absolute Gasteiger partial charge is 0.467 e. The summed E-state index contributed by atoms with van der Waals surface area (Å²) in [6.07, 6.45) is 0.245. The first-order valence-corrected chi connectivity index (χ1v) is 11.2. The van der Waals surface area contributed by atoms with Crippen LogP contribution in [0.5, 0.6) is 0 Å². The van der Waals surface area contributed by atoms with E-state index in [1.54, 1.807) is 0 Å². The molecular weight excluding hydrogens is 396 g/mol. The van der Waals surface area contributed by atoms with E-state index in [0.29, 0.717) is 6.42 Å². The maximum atomic E-state index is 13.0. The monoisotopic (exact) mass is 426 g/mol. The number of sulfonamides is 1. The molecule has 1 aromatic rings.